The van der Waals surface area contributed by atoms with E-state index in [0.29, 0.717) is 16.8 Å². The number of aromatic nitrogens is 2. The van der Waals surface area contributed by atoms with E-state index in [0.717, 1.165) is 53.0 Å². The summed E-state index contributed by atoms with van der Waals surface area (Å²) in [6.07, 6.45) is 11.0. The Morgan fingerprint density at radius 3 is 2.74 bits per heavy atom. The predicted molar refractivity (Wildman–Crippen MR) is 144 cm³/mol. The van der Waals surface area contributed by atoms with Crippen molar-refractivity contribution in [3.05, 3.63) is 100 Å². The summed E-state index contributed by atoms with van der Waals surface area (Å²) in [6, 6.07) is 7.85. The van der Waals surface area contributed by atoms with E-state index in [2.05, 4.69) is 53.5 Å². The highest BCUT2D eigenvalue weighted by Crippen LogP contribution is 2.22. The lowest BCUT2D eigenvalue weighted by molar-refractivity contribution is 0.625. The van der Waals surface area contributed by atoms with E-state index < -0.39 is 0 Å². The number of halogens is 1. The number of aliphatic imine (C=N–C) groups is 1. The van der Waals surface area contributed by atoms with E-state index in [1.54, 1.807) is 18.5 Å². The van der Waals surface area contributed by atoms with Gasteiger partial charge in [0.1, 0.15) is 11.3 Å². The summed E-state index contributed by atoms with van der Waals surface area (Å²) in [7, 11) is 1.93. The molecule has 1 unspecified atom stereocenters. The Morgan fingerprint density at radius 2 is 2.12 bits per heavy atom. The molecule has 0 aliphatic rings. The average molecular weight is 479 g/mol. The normalized spacial score (nSPS) is 14.1. The molecule has 7 heteroatoms. The molecule has 0 amide bonds. The zero-order valence-corrected chi connectivity index (χ0v) is 21.3. The van der Waals surface area contributed by atoms with E-state index >= 15 is 0 Å². The Labute approximate surface area is 208 Å². The summed E-state index contributed by atoms with van der Waals surface area (Å²) in [6.45, 7) is 14.8. The summed E-state index contributed by atoms with van der Waals surface area (Å²) >= 11 is 5.94. The van der Waals surface area contributed by atoms with Gasteiger partial charge < -0.3 is 15.6 Å². The Kier molecular flexibility index (Phi) is 10.6. The third kappa shape index (κ3) is 7.89. The van der Waals surface area contributed by atoms with Crippen molar-refractivity contribution in [2.24, 2.45) is 22.8 Å². The summed E-state index contributed by atoms with van der Waals surface area (Å²) in [5.41, 5.74) is 11.5. The van der Waals surface area contributed by atoms with Crippen LogP contribution in [-0.2, 0) is 7.05 Å². The van der Waals surface area contributed by atoms with Crippen LogP contribution in [0.1, 0.15) is 50.8 Å². The number of hydrogen-bond donors (Lipinski definition) is 2. The minimum atomic E-state index is 0.309. The van der Waals surface area contributed by atoms with Crippen LogP contribution < -0.4 is 16.5 Å². The molecule has 3 N–H and O–H groups in total. The number of allylic oxidation sites excluding steroid dienone is 4. The number of hydrogen-bond acceptors (Lipinski definition) is 5. The molecule has 2 aromatic rings. The molecule has 0 fully saturated rings. The first-order chi connectivity index (χ1) is 16.3. The Balaban J connectivity index is 2.18. The molecular formula is C27H35ClN6. The molecule has 0 saturated carbocycles. The number of nitrogens with zero attached hydrogens (tertiary/aromatic N) is 4. The second kappa shape index (κ2) is 13.4. The standard InChI is InChI=1S/C27H35ClN6/c1-7-21(20(4)31-13-11-19(3)25-10-9-24(28)18-32-25)15-23(17-30-5)22-12-14-34(6)27(16-22)33-26(29)8-2/h8-10,12,14-19,31H,4-5,7,11,13,29H2,1-3,6H3/b21-15+,23-17+,26-8?,33-27-. The van der Waals surface area contributed by atoms with Gasteiger partial charge in [0.2, 0.25) is 0 Å². The fourth-order valence-corrected chi connectivity index (χ4v) is 3.42. The van der Waals surface area contributed by atoms with Crippen LogP contribution in [-0.4, -0.2) is 22.8 Å². The SMILES string of the molecule is C=N/C=C(\C=C(/CC)C(=C)NCCC(C)c1ccc(Cl)cn1)c1ccn(C)/c(=N\C(N)=CC)c1. The van der Waals surface area contributed by atoms with Crippen LogP contribution >= 0.6 is 11.6 Å². The lowest BCUT2D eigenvalue weighted by Gasteiger charge is -2.16. The van der Waals surface area contributed by atoms with Crippen molar-refractivity contribution in [2.75, 3.05) is 6.54 Å². The summed E-state index contributed by atoms with van der Waals surface area (Å²) in [4.78, 5) is 12.9. The molecule has 0 spiro atoms. The van der Waals surface area contributed by atoms with Gasteiger partial charge in [0.05, 0.1) is 5.02 Å². The van der Waals surface area contributed by atoms with Gasteiger partial charge in [-0.15, -0.1) is 0 Å². The van der Waals surface area contributed by atoms with Gasteiger partial charge in [0.25, 0.3) is 0 Å². The van der Waals surface area contributed by atoms with Crippen molar-refractivity contribution < 1.29 is 0 Å². The van der Waals surface area contributed by atoms with Gasteiger partial charge in [-0.05, 0) is 74.0 Å². The second-order valence-electron chi connectivity index (χ2n) is 8.00. The minimum Gasteiger partial charge on any atom is -0.385 e. The average Bonchev–Trinajstić information content (AvgIpc) is 2.83. The molecule has 6 nitrogen and oxygen atoms in total. The smallest absolute Gasteiger partial charge is 0.135 e. The van der Waals surface area contributed by atoms with Crippen LogP contribution in [0.5, 0.6) is 0 Å². The van der Waals surface area contributed by atoms with Crippen molar-refractivity contribution in [2.45, 2.75) is 39.5 Å². The third-order valence-corrected chi connectivity index (χ3v) is 5.72. The molecule has 0 saturated heterocycles. The van der Waals surface area contributed by atoms with Gasteiger partial charge in [-0.3, -0.25) is 9.98 Å². The van der Waals surface area contributed by atoms with Gasteiger partial charge in [0.15, 0.2) is 0 Å². The van der Waals surface area contributed by atoms with E-state index in [1.165, 1.54) is 0 Å². The first kappa shape index (κ1) is 26.9. The molecule has 34 heavy (non-hydrogen) atoms. The molecular weight excluding hydrogens is 444 g/mol. The number of nitrogens with one attached hydrogen (secondary N) is 1. The Morgan fingerprint density at radius 1 is 1.35 bits per heavy atom. The van der Waals surface area contributed by atoms with Crippen molar-refractivity contribution in [3.63, 3.8) is 0 Å². The summed E-state index contributed by atoms with van der Waals surface area (Å²) < 4.78 is 1.92. The Bertz CT molecular complexity index is 1150. The quantitative estimate of drug-likeness (QED) is 0.332. The van der Waals surface area contributed by atoms with Crippen LogP contribution in [0.3, 0.4) is 0 Å². The fourth-order valence-electron chi connectivity index (χ4n) is 3.31. The van der Waals surface area contributed by atoms with Crippen LogP contribution in [0.4, 0.5) is 0 Å². The molecule has 180 valence electrons. The molecule has 2 rings (SSSR count). The minimum absolute atomic E-state index is 0.309. The number of nitrogens with two attached hydrogens (primary N) is 1. The summed E-state index contributed by atoms with van der Waals surface area (Å²) in [5.74, 6) is 0.773. The maximum atomic E-state index is 5.94. The van der Waals surface area contributed by atoms with Crippen molar-refractivity contribution in [1.29, 1.82) is 0 Å². The zero-order chi connectivity index (χ0) is 25.1. The van der Waals surface area contributed by atoms with E-state index in [9.17, 15) is 0 Å². The first-order valence-electron chi connectivity index (χ1n) is 11.3. The lowest BCUT2D eigenvalue weighted by Crippen LogP contribution is -2.19. The number of aryl methyl sites for hydroxylation is 1. The van der Waals surface area contributed by atoms with Gasteiger partial charge in [-0.25, -0.2) is 4.99 Å². The van der Waals surface area contributed by atoms with Crippen LogP contribution in [0, 0.1) is 0 Å². The molecule has 0 aromatic carbocycles. The fraction of sp³-hybridized carbons (Fsp3) is 0.296. The van der Waals surface area contributed by atoms with Crippen molar-refractivity contribution >= 4 is 23.9 Å². The maximum absolute atomic E-state index is 5.94. The van der Waals surface area contributed by atoms with Crippen LogP contribution in [0.15, 0.2) is 88.7 Å². The topological polar surface area (TPSA) is 80.6 Å². The maximum Gasteiger partial charge on any atom is 0.135 e. The predicted octanol–water partition coefficient (Wildman–Crippen LogP) is 5.47. The largest absolute Gasteiger partial charge is 0.385 e. The highest BCUT2D eigenvalue weighted by Gasteiger charge is 2.09. The molecule has 2 heterocycles. The highest BCUT2D eigenvalue weighted by atomic mass is 35.5. The second-order valence-corrected chi connectivity index (χ2v) is 8.43. The monoisotopic (exact) mass is 478 g/mol. The third-order valence-electron chi connectivity index (χ3n) is 5.50. The van der Waals surface area contributed by atoms with E-state index in [1.807, 2.05) is 49.0 Å². The van der Waals surface area contributed by atoms with E-state index in [-0.39, 0.29) is 0 Å². The van der Waals surface area contributed by atoms with E-state index in [4.69, 9.17) is 17.3 Å². The molecule has 0 bridgehead atoms. The number of rotatable bonds is 11. The molecule has 0 aliphatic carbocycles. The summed E-state index contributed by atoms with van der Waals surface area (Å²) in [5, 5.41) is 4.11. The zero-order valence-electron chi connectivity index (χ0n) is 20.6. The molecule has 0 aliphatic heterocycles. The van der Waals surface area contributed by atoms with Crippen molar-refractivity contribution in [1.82, 2.24) is 14.9 Å². The Hall–Kier alpha value is -3.38. The first-order valence-corrected chi connectivity index (χ1v) is 11.7. The number of pyridine rings is 2. The van der Waals surface area contributed by atoms with Gasteiger partial charge in [-0.2, -0.15) is 0 Å². The van der Waals surface area contributed by atoms with Crippen LogP contribution in [0.2, 0.25) is 5.02 Å². The molecule has 0 radical (unpaired) electrons. The highest BCUT2D eigenvalue weighted by molar-refractivity contribution is 6.30. The van der Waals surface area contributed by atoms with Gasteiger partial charge in [-0.1, -0.05) is 32.0 Å². The van der Waals surface area contributed by atoms with Gasteiger partial charge in [0, 0.05) is 55.1 Å². The van der Waals surface area contributed by atoms with Crippen molar-refractivity contribution in [3.8, 4) is 0 Å². The molecule has 1 atom stereocenters. The molecule has 2 aromatic heterocycles. The lowest BCUT2D eigenvalue weighted by atomic mass is 10.0. The van der Waals surface area contributed by atoms with Gasteiger partial charge >= 0.3 is 0 Å². The van der Waals surface area contributed by atoms with Crippen LogP contribution in [0.25, 0.3) is 5.57 Å².